The van der Waals surface area contributed by atoms with Crippen LogP contribution in [0.5, 0.6) is 0 Å². The van der Waals surface area contributed by atoms with Crippen LogP contribution in [0.2, 0.25) is 0 Å². The maximum absolute atomic E-state index is 5.40. The summed E-state index contributed by atoms with van der Waals surface area (Å²) in [7, 11) is 0. The second-order valence-electron chi connectivity index (χ2n) is 16.5. The van der Waals surface area contributed by atoms with Crippen LogP contribution in [0.25, 0.3) is 122 Å². The summed E-state index contributed by atoms with van der Waals surface area (Å²) in [5.41, 5.74) is 17.1. The zero-order valence-electron chi connectivity index (χ0n) is 34.6. The van der Waals surface area contributed by atoms with E-state index < -0.39 is 0 Å². The second kappa shape index (κ2) is 14.5. The summed E-state index contributed by atoms with van der Waals surface area (Å²) in [6.45, 7) is 0. The highest BCUT2D eigenvalue weighted by Gasteiger charge is 2.18. The van der Waals surface area contributed by atoms with E-state index in [0.717, 1.165) is 83.5 Å². The Morgan fingerprint density at radius 1 is 0.297 bits per heavy atom. The van der Waals surface area contributed by atoms with Gasteiger partial charge in [0.25, 0.3) is 0 Å². The lowest BCUT2D eigenvalue weighted by Crippen LogP contribution is -1.94. The van der Waals surface area contributed by atoms with Gasteiger partial charge < -0.3 is 9.13 Å². The zero-order valence-corrected chi connectivity index (χ0v) is 34.6. The maximum atomic E-state index is 5.40. The first-order chi connectivity index (χ1) is 31.7. The Labute approximate surface area is 368 Å². The van der Waals surface area contributed by atoms with Crippen molar-refractivity contribution < 1.29 is 0 Å². The van der Waals surface area contributed by atoms with E-state index >= 15 is 0 Å². The monoisotopic (exact) mass is 815 g/mol. The summed E-state index contributed by atoms with van der Waals surface area (Å²) >= 11 is 0. The molecule has 0 atom stereocenters. The standard InChI is InChI=1S/C59H37N5/c1-3-14-44(15-4-1)63-56-21-11-8-18-46(56)50-33-39(25-29-58(50)63)38-23-28-54-49(32-38)48(42-24-27-53(60-36-42)43-31-40-13-7-10-20-52(40)61-37-43)35-55(62-54)41-26-30-59-51(34-41)47-19-9-12-22-57(47)64(59)45-16-5-2-6-17-45/h1-37H. The van der Waals surface area contributed by atoms with Crippen molar-refractivity contribution >= 4 is 65.4 Å². The minimum Gasteiger partial charge on any atom is -0.309 e. The van der Waals surface area contributed by atoms with Gasteiger partial charge in [0.2, 0.25) is 0 Å². The molecule has 0 aliphatic rings. The number of para-hydroxylation sites is 5. The molecule has 0 saturated heterocycles. The lowest BCUT2D eigenvalue weighted by Gasteiger charge is -2.13. The number of hydrogen-bond acceptors (Lipinski definition) is 3. The Balaban J connectivity index is 0.981. The van der Waals surface area contributed by atoms with Crippen molar-refractivity contribution in [3.05, 3.63) is 225 Å². The maximum Gasteiger partial charge on any atom is 0.0718 e. The second-order valence-corrected chi connectivity index (χ2v) is 16.5. The molecule has 0 aliphatic heterocycles. The Bertz CT molecular complexity index is 3940. The van der Waals surface area contributed by atoms with E-state index in [1.165, 1.54) is 38.1 Å². The zero-order chi connectivity index (χ0) is 42.1. The third-order valence-corrected chi connectivity index (χ3v) is 12.8. The van der Waals surface area contributed by atoms with Crippen LogP contribution in [0.1, 0.15) is 0 Å². The van der Waals surface area contributed by atoms with Gasteiger partial charge in [0.1, 0.15) is 0 Å². The molecule has 0 bridgehead atoms. The topological polar surface area (TPSA) is 48.5 Å². The molecule has 5 heteroatoms. The first-order valence-electron chi connectivity index (χ1n) is 21.7. The molecule has 0 spiro atoms. The van der Waals surface area contributed by atoms with Gasteiger partial charge in [0.15, 0.2) is 0 Å². The Morgan fingerprint density at radius 3 is 1.50 bits per heavy atom. The summed E-state index contributed by atoms with van der Waals surface area (Å²) in [5.74, 6) is 0. The summed E-state index contributed by atoms with van der Waals surface area (Å²) in [5, 5.41) is 7.01. The number of pyridine rings is 3. The molecule has 5 nitrogen and oxygen atoms in total. The van der Waals surface area contributed by atoms with Gasteiger partial charge in [-0.15, -0.1) is 0 Å². The summed E-state index contributed by atoms with van der Waals surface area (Å²) < 4.78 is 4.71. The number of benzene rings is 8. The number of rotatable bonds is 6. The van der Waals surface area contributed by atoms with Crippen LogP contribution < -0.4 is 0 Å². The van der Waals surface area contributed by atoms with E-state index in [1.807, 2.05) is 30.6 Å². The smallest absolute Gasteiger partial charge is 0.0718 e. The van der Waals surface area contributed by atoms with Gasteiger partial charge >= 0.3 is 0 Å². The highest BCUT2D eigenvalue weighted by Crippen LogP contribution is 2.40. The minimum absolute atomic E-state index is 0.879. The van der Waals surface area contributed by atoms with E-state index in [1.54, 1.807) is 0 Å². The van der Waals surface area contributed by atoms with Gasteiger partial charge in [0, 0.05) is 72.8 Å². The highest BCUT2D eigenvalue weighted by atomic mass is 15.0. The molecule has 0 saturated carbocycles. The molecule has 13 aromatic rings. The van der Waals surface area contributed by atoms with E-state index in [0.29, 0.717) is 0 Å². The van der Waals surface area contributed by atoms with Crippen LogP contribution in [-0.2, 0) is 0 Å². The van der Waals surface area contributed by atoms with Crippen LogP contribution >= 0.6 is 0 Å². The molecule has 0 fully saturated rings. The first-order valence-corrected chi connectivity index (χ1v) is 21.7. The third kappa shape index (κ3) is 5.83. The predicted octanol–water partition coefficient (Wildman–Crippen LogP) is 15.0. The fourth-order valence-electron chi connectivity index (χ4n) is 9.72. The molecule has 64 heavy (non-hydrogen) atoms. The summed E-state index contributed by atoms with van der Waals surface area (Å²) in [4.78, 5) is 15.2. The van der Waals surface area contributed by atoms with Crippen molar-refractivity contribution in [2.24, 2.45) is 0 Å². The Kier molecular flexibility index (Phi) is 8.15. The van der Waals surface area contributed by atoms with E-state index in [2.05, 4.69) is 203 Å². The lowest BCUT2D eigenvalue weighted by molar-refractivity contribution is 1.18. The molecule has 8 aromatic carbocycles. The van der Waals surface area contributed by atoms with Gasteiger partial charge in [0.05, 0.1) is 44.5 Å². The van der Waals surface area contributed by atoms with Gasteiger partial charge in [-0.3, -0.25) is 9.97 Å². The van der Waals surface area contributed by atoms with Crippen LogP contribution in [0.4, 0.5) is 0 Å². The fourth-order valence-corrected chi connectivity index (χ4v) is 9.72. The van der Waals surface area contributed by atoms with Crippen LogP contribution in [0, 0.1) is 0 Å². The van der Waals surface area contributed by atoms with Crippen LogP contribution in [0.15, 0.2) is 225 Å². The molecular formula is C59H37N5. The van der Waals surface area contributed by atoms with Crippen molar-refractivity contribution in [1.82, 2.24) is 24.1 Å². The summed E-state index contributed by atoms with van der Waals surface area (Å²) in [6.07, 6.45) is 3.91. The molecule has 298 valence electrons. The predicted molar refractivity (Wildman–Crippen MR) is 265 cm³/mol. The van der Waals surface area contributed by atoms with E-state index in [-0.39, 0.29) is 0 Å². The third-order valence-electron chi connectivity index (χ3n) is 12.8. The quantitative estimate of drug-likeness (QED) is 0.168. The Morgan fingerprint density at radius 2 is 0.828 bits per heavy atom. The molecule has 0 unspecified atom stereocenters. The first kappa shape index (κ1) is 36.0. The van der Waals surface area contributed by atoms with Gasteiger partial charge in [-0.25, -0.2) is 4.98 Å². The van der Waals surface area contributed by atoms with Crippen molar-refractivity contribution in [2.75, 3.05) is 0 Å². The number of fused-ring (bicyclic) bond motifs is 8. The van der Waals surface area contributed by atoms with Crippen LogP contribution in [0.3, 0.4) is 0 Å². The molecule has 0 radical (unpaired) electrons. The van der Waals surface area contributed by atoms with Crippen molar-refractivity contribution in [2.45, 2.75) is 0 Å². The fraction of sp³-hybridized carbons (Fsp3) is 0. The largest absolute Gasteiger partial charge is 0.309 e. The van der Waals surface area contributed by atoms with Gasteiger partial charge in [-0.05, 0) is 114 Å². The lowest BCUT2D eigenvalue weighted by atomic mass is 9.95. The van der Waals surface area contributed by atoms with E-state index in [9.17, 15) is 0 Å². The summed E-state index contributed by atoms with van der Waals surface area (Å²) in [6, 6.07) is 75.8. The average Bonchev–Trinajstić information content (AvgIpc) is 3.88. The normalized spacial score (nSPS) is 11.8. The average molecular weight is 816 g/mol. The minimum atomic E-state index is 0.879. The molecule has 0 aliphatic carbocycles. The highest BCUT2D eigenvalue weighted by molar-refractivity contribution is 6.12. The molecule has 0 N–H and O–H groups in total. The Hall–Kier alpha value is -8.67. The number of hydrogen-bond donors (Lipinski definition) is 0. The number of aromatic nitrogens is 5. The van der Waals surface area contributed by atoms with Crippen molar-refractivity contribution in [3.63, 3.8) is 0 Å². The number of nitrogens with zero attached hydrogens (tertiary/aromatic N) is 5. The van der Waals surface area contributed by atoms with E-state index in [4.69, 9.17) is 15.0 Å². The van der Waals surface area contributed by atoms with Crippen LogP contribution in [-0.4, -0.2) is 24.1 Å². The van der Waals surface area contributed by atoms with Crippen molar-refractivity contribution in [3.8, 4) is 56.1 Å². The molecule has 13 rings (SSSR count). The van der Waals surface area contributed by atoms with Gasteiger partial charge in [-0.2, -0.15) is 0 Å². The van der Waals surface area contributed by atoms with Gasteiger partial charge in [-0.1, -0.05) is 115 Å². The SMILES string of the molecule is c1ccc(-n2c3ccccc3c3cc(-c4ccc5nc(-c6ccc7c(c6)c6ccccc6n7-c6ccccc6)cc(-c6ccc(-c7cnc8ccccc8c7)nc6)c5c4)ccc32)cc1. The van der Waals surface area contributed by atoms with Crippen molar-refractivity contribution in [1.29, 1.82) is 0 Å². The molecule has 5 aromatic heterocycles. The molecular weight excluding hydrogens is 779 g/mol. The molecule has 5 heterocycles. The molecule has 0 amide bonds.